The molecule has 14 heavy (non-hydrogen) atoms. The van der Waals surface area contributed by atoms with E-state index in [0.717, 1.165) is 0 Å². The van der Waals surface area contributed by atoms with Crippen LogP contribution in [0.25, 0.3) is 0 Å². The van der Waals surface area contributed by atoms with Crippen molar-refractivity contribution in [3.8, 4) is 0 Å². The number of rotatable bonds is 3. The van der Waals surface area contributed by atoms with Gasteiger partial charge in [0.25, 0.3) is 0 Å². The van der Waals surface area contributed by atoms with Crippen molar-refractivity contribution in [2.75, 3.05) is 0 Å². The third-order valence-electron chi connectivity index (χ3n) is 3.92. The van der Waals surface area contributed by atoms with Crippen LogP contribution >= 0.6 is 0 Å². The van der Waals surface area contributed by atoms with E-state index in [1.54, 1.807) is 0 Å². The van der Waals surface area contributed by atoms with E-state index in [9.17, 15) is 0 Å². The minimum absolute atomic E-state index is 0.0852. The van der Waals surface area contributed by atoms with E-state index < -0.39 is 5.89 Å². The molecule has 1 aliphatic heterocycles. The number of aliphatic hydroxyl groups is 1. The molecular weight excluding hydrogens is 176 g/mol. The van der Waals surface area contributed by atoms with Gasteiger partial charge in [-0.05, 0) is 18.2 Å². The summed E-state index contributed by atoms with van der Waals surface area (Å²) in [4.78, 5) is 0. The lowest BCUT2D eigenvalue weighted by Crippen LogP contribution is -2.41. The second kappa shape index (κ2) is 3.82. The Hall–Kier alpha value is -0.0800. The molecule has 0 saturated carbocycles. The summed E-state index contributed by atoms with van der Waals surface area (Å²) in [7, 11) is 0. The first-order chi connectivity index (χ1) is 7.13. The van der Waals surface area contributed by atoms with Gasteiger partial charge in [-0.25, -0.2) is 0 Å². The topological polar surface area (TPSA) is 29.5 Å². The summed E-state index contributed by atoms with van der Waals surface area (Å²) in [6.45, 7) is 11.8. The van der Waals surface area contributed by atoms with Gasteiger partial charge in [0.15, 0.2) is 0 Å². The Morgan fingerprint density at radius 1 is 1.43 bits per heavy atom. The lowest BCUT2D eigenvalue weighted by molar-refractivity contribution is -0.0724. The molecule has 84 valence electrons. The fourth-order valence-corrected chi connectivity index (χ4v) is 1.84. The molecule has 1 heterocycles. The van der Waals surface area contributed by atoms with Crippen molar-refractivity contribution in [3.63, 3.8) is 0 Å². The van der Waals surface area contributed by atoms with Crippen molar-refractivity contribution < 1.29 is 11.2 Å². The molecule has 0 aliphatic carbocycles. The van der Waals surface area contributed by atoms with Crippen molar-refractivity contribution in [1.82, 2.24) is 0 Å². The zero-order valence-corrected chi connectivity index (χ0v) is 10.1. The predicted octanol–water partition coefficient (Wildman–Crippen LogP) is 2.45. The van der Waals surface area contributed by atoms with Crippen LogP contribution in [0.15, 0.2) is 0 Å². The van der Waals surface area contributed by atoms with Crippen LogP contribution in [0.1, 0.15) is 42.9 Å². The van der Waals surface area contributed by atoms with E-state index in [-0.39, 0.29) is 29.6 Å². The van der Waals surface area contributed by atoms with Crippen LogP contribution in [0.4, 0.5) is 0 Å². The van der Waals surface area contributed by atoms with Gasteiger partial charge >= 0.3 is 0 Å². The normalized spacial score (nSPS) is 42.1. The number of ether oxygens (including phenoxy) is 1. The van der Waals surface area contributed by atoms with Crippen LogP contribution < -0.4 is 0 Å². The Bertz CT molecular complexity index is 248. The SMILES string of the molecule is [3H]O[C@H]1[C@@H](C)[C@H](C)O[C@@H]1C(C)(C)C([3H])(C)C. The maximum atomic E-state index is 8.20. The zero-order valence-electron chi connectivity index (χ0n) is 12.1. The molecule has 0 aromatic carbocycles. The molecule has 0 unspecified atom stereocenters. The summed E-state index contributed by atoms with van der Waals surface area (Å²) in [5.74, 6) is -0.428. The van der Waals surface area contributed by atoms with Gasteiger partial charge in [-0.1, -0.05) is 34.6 Å². The Kier molecular flexibility index (Phi) is 2.50. The monoisotopic (exact) mass is 204 g/mol. The van der Waals surface area contributed by atoms with Crippen molar-refractivity contribution in [2.45, 2.75) is 59.9 Å². The highest BCUT2D eigenvalue weighted by atomic mass is 16.5. The third kappa shape index (κ3) is 1.82. The first-order valence-electron chi connectivity index (χ1n) is 6.31. The molecule has 0 amide bonds. The molecule has 0 radical (unpaired) electrons. The number of aliphatic hydroxyl groups excluding tert-OH is 1. The summed E-state index contributed by atoms with van der Waals surface area (Å²) < 4.78 is 21.3. The van der Waals surface area contributed by atoms with Gasteiger partial charge in [0, 0.05) is 7.29 Å². The quantitative estimate of drug-likeness (QED) is 0.765. The predicted molar refractivity (Wildman–Crippen MR) is 58.1 cm³/mol. The van der Waals surface area contributed by atoms with Gasteiger partial charge in [0.1, 0.15) is 0 Å². The van der Waals surface area contributed by atoms with Crippen molar-refractivity contribution in [3.05, 3.63) is 0 Å². The van der Waals surface area contributed by atoms with E-state index in [1.165, 1.54) is 0 Å². The average Bonchev–Trinajstić information content (AvgIpc) is 2.42. The second-order valence-corrected chi connectivity index (χ2v) is 5.31. The van der Waals surface area contributed by atoms with Crippen molar-refractivity contribution in [1.29, 1.82) is 1.43 Å². The minimum Gasteiger partial charge on any atom is -0.390 e. The summed E-state index contributed by atoms with van der Waals surface area (Å²) in [5.41, 5.74) is -0.349. The van der Waals surface area contributed by atoms with E-state index in [4.69, 9.17) is 12.6 Å². The smallest absolute Gasteiger partial charge is 0.211 e. The molecular formula is C12H24O2. The lowest BCUT2D eigenvalue weighted by Gasteiger charge is -2.37. The fourth-order valence-electron chi connectivity index (χ4n) is 1.84. The molecule has 1 fully saturated rings. The van der Waals surface area contributed by atoms with Crippen LogP contribution in [0.3, 0.4) is 0 Å². The van der Waals surface area contributed by atoms with Crippen LogP contribution in [0.2, 0.25) is 0 Å². The molecule has 0 aromatic rings. The van der Waals surface area contributed by atoms with Crippen LogP contribution in [0, 0.1) is 17.2 Å². The number of hydrogen-bond donors (Lipinski definition) is 1. The van der Waals surface area contributed by atoms with Gasteiger partial charge in [-0.15, -0.1) is 0 Å². The molecule has 2 heteroatoms. The summed E-state index contributed by atoms with van der Waals surface area (Å²) in [6.07, 6.45) is -0.348. The second-order valence-electron chi connectivity index (χ2n) is 5.31. The summed E-state index contributed by atoms with van der Waals surface area (Å²) >= 11 is 0. The van der Waals surface area contributed by atoms with Gasteiger partial charge in [-0.2, -0.15) is 0 Å². The Labute approximate surface area is 90.6 Å². The molecule has 1 saturated heterocycles. The minimum atomic E-state index is -0.627. The standard InChI is InChI=1S/C12H24O2/c1-7(2)12(5,6)11-10(13)8(3)9(4)14-11/h7-11,13H,1-6H3/t8-,9-,10-,11-/m0/s1/i7T,13T. The van der Waals surface area contributed by atoms with Crippen molar-refractivity contribution >= 4 is 0 Å². The number of hydrogen-bond acceptors (Lipinski definition) is 2. The lowest BCUT2D eigenvalue weighted by atomic mass is 9.73. The Morgan fingerprint density at radius 3 is 2.43 bits per heavy atom. The van der Waals surface area contributed by atoms with Gasteiger partial charge in [-0.3, -0.25) is 0 Å². The maximum Gasteiger partial charge on any atom is 0.211 e. The largest absolute Gasteiger partial charge is 0.390 e. The molecule has 1 aliphatic rings. The molecule has 0 aromatic heterocycles. The average molecular weight is 204 g/mol. The summed E-state index contributed by atoms with van der Waals surface area (Å²) in [5, 5.41) is 4.83. The van der Waals surface area contributed by atoms with E-state index >= 15 is 0 Å². The zero-order chi connectivity index (χ0) is 12.7. The first-order valence-corrected chi connectivity index (χ1v) is 5.40. The maximum absolute atomic E-state index is 8.20. The molecule has 0 spiro atoms. The highest BCUT2D eigenvalue weighted by molar-refractivity contribution is 4.95. The molecule has 4 atom stereocenters. The molecule has 0 bridgehead atoms. The van der Waals surface area contributed by atoms with Gasteiger partial charge in [0.05, 0.1) is 18.3 Å². The fraction of sp³-hybridized carbons (Fsp3) is 1.00. The molecule has 1 rings (SSSR count). The van der Waals surface area contributed by atoms with Crippen LogP contribution in [-0.2, 0) is 4.74 Å². The van der Waals surface area contributed by atoms with Gasteiger partial charge in [0.2, 0.25) is 1.43 Å². The van der Waals surface area contributed by atoms with E-state index in [0.29, 0.717) is 0 Å². The van der Waals surface area contributed by atoms with E-state index in [1.807, 2.05) is 41.5 Å². The van der Waals surface area contributed by atoms with Crippen molar-refractivity contribution in [2.24, 2.45) is 17.2 Å². The molecule has 2 nitrogen and oxygen atoms in total. The van der Waals surface area contributed by atoms with E-state index in [2.05, 4.69) is 0 Å². The highest BCUT2D eigenvalue weighted by Crippen LogP contribution is 2.41. The Morgan fingerprint density at radius 2 is 2.00 bits per heavy atom. The summed E-state index contributed by atoms with van der Waals surface area (Å²) in [6, 6.07) is 0. The highest BCUT2D eigenvalue weighted by Gasteiger charge is 2.47. The Balaban J connectivity index is 2.96. The van der Waals surface area contributed by atoms with Gasteiger partial charge < -0.3 is 9.85 Å². The molecule has 1 N–H and O–H groups in total. The van der Waals surface area contributed by atoms with Crippen LogP contribution in [0.5, 0.6) is 0 Å². The third-order valence-corrected chi connectivity index (χ3v) is 3.92. The first kappa shape index (κ1) is 9.17. The van der Waals surface area contributed by atoms with Crippen LogP contribution in [-0.4, -0.2) is 24.9 Å².